The number of carbonyl (C=O) groups excluding carboxylic acids is 1. The van der Waals surface area contributed by atoms with Crippen LogP contribution >= 0.6 is 0 Å². The zero-order valence-corrected chi connectivity index (χ0v) is 14.2. The molecule has 0 aromatic heterocycles. The first-order chi connectivity index (χ1) is 10.5. The molecule has 0 aliphatic rings. The van der Waals surface area contributed by atoms with Crippen molar-refractivity contribution >= 4 is 12.0 Å². The minimum atomic E-state index is -0.0912. The molecule has 0 fully saturated rings. The molecule has 1 N–H and O–H groups in total. The van der Waals surface area contributed by atoms with Gasteiger partial charge in [0.2, 0.25) is 5.91 Å². The number of benzene rings is 1. The van der Waals surface area contributed by atoms with Crippen LogP contribution in [-0.2, 0) is 4.79 Å². The Labute approximate surface area is 133 Å². The van der Waals surface area contributed by atoms with E-state index in [1.165, 1.54) is 0 Å². The van der Waals surface area contributed by atoms with Crippen molar-refractivity contribution in [1.82, 2.24) is 5.32 Å². The number of rotatable bonds is 8. The highest BCUT2D eigenvalue weighted by atomic mass is 16.5. The van der Waals surface area contributed by atoms with Crippen LogP contribution in [0.4, 0.5) is 0 Å². The molecule has 0 heterocycles. The average Bonchev–Trinajstić information content (AvgIpc) is 2.50. The third-order valence-corrected chi connectivity index (χ3v) is 3.45. The number of ether oxygens (including phenoxy) is 2. The van der Waals surface area contributed by atoms with Crippen molar-refractivity contribution in [3.63, 3.8) is 0 Å². The van der Waals surface area contributed by atoms with Gasteiger partial charge in [0.05, 0.1) is 13.7 Å². The second kappa shape index (κ2) is 9.13. The first-order valence-electron chi connectivity index (χ1n) is 7.77. The van der Waals surface area contributed by atoms with Gasteiger partial charge in [0, 0.05) is 12.1 Å². The fourth-order valence-electron chi connectivity index (χ4n) is 1.73. The van der Waals surface area contributed by atoms with Gasteiger partial charge >= 0.3 is 0 Å². The Morgan fingerprint density at radius 2 is 2.00 bits per heavy atom. The molecule has 0 radical (unpaired) electrons. The van der Waals surface area contributed by atoms with Crippen LogP contribution in [-0.4, -0.2) is 25.7 Å². The third-order valence-electron chi connectivity index (χ3n) is 3.45. The molecular formula is C18H27NO3. The van der Waals surface area contributed by atoms with Crippen molar-refractivity contribution < 1.29 is 14.3 Å². The quantitative estimate of drug-likeness (QED) is 0.746. The molecule has 0 saturated carbocycles. The monoisotopic (exact) mass is 305 g/mol. The average molecular weight is 305 g/mol. The molecule has 1 atom stereocenters. The van der Waals surface area contributed by atoms with Crippen molar-refractivity contribution in [3.8, 4) is 11.5 Å². The largest absolute Gasteiger partial charge is 0.493 e. The van der Waals surface area contributed by atoms with Gasteiger partial charge in [-0.3, -0.25) is 4.79 Å². The van der Waals surface area contributed by atoms with Crippen LogP contribution in [0.2, 0.25) is 0 Å². The van der Waals surface area contributed by atoms with Crippen LogP contribution in [0.25, 0.3) is 6.08 Å². The van der Waals surface area contributed by atoms with Gasteiger partial charge < -0.3 is 14.8 Å². The van der Waals surface area contributed by atoms with Gasteiger partial charge in [0.1, 0.15) is 0 Å². The fourth-order valence-corrected chi connectivity index (χ4v) is 1.73. The Kier molecular flexibility index (Phi) is 7.50. The molecule has 22 heavy (non-hydrogen) atoms. The smallest absolute Gasteiger partial charge is 0.244 e. The Hall–Kier alpha value is -1.97. The van der Waals surface area contributed by atoms with Gasteiger partial charge in [-0.25, -0.2) is 0 Å². The molecule has 1 amide bonds. The zero-order chi connectivity index (χ0) is 16.5. The number of hydrogen-bond acceptors (Lipinski definition) is 3. The summed E-state index contributed by atoms with van der Waals surface area (Å²) in [6.45, 7) is 8.86. The summed E-state index contributed by atoms with van der Waals surface area (Å²) in [6, 6.07) is 5.78. The zero-order valence-electron chi connectivity index (χ0n) is 14.2. The van der Waals surface area contributed by atoms with Crippen molar-refractivity contribution in [2.45, 2.75) is 40.2 Å². The number of hydrogen-bond donors (Lipinski definition) is 1. The van der Waals surface area contributed by atoms with E-state index in [0.29, 0.717) is 18.3 Å². The lowest BCUT2D eigenvalue weighted by Crippen LogP contribution is -2.34. The van der Waals surface area contributed by atoms with E-state index in [1.807, 2.05) is 25.1 Å². The summed E-state index contributed by atoms with van der Waals surface area (Å²) in [6.07, 6.45) is 4.26. The van der Waals surface area contributed by atoms with E-state index in [9.17, 15) is 4.79 Å². The SMILES string of the molecule is CCCOc1ccc(C=CC(=O)NC(C)C(C)C)cc1OC. The normalized spacial score (nSPS) is 12.5. The molecular weight excluding hydrogens is 278 g/mol. The van der Waals surface area contributed by atoms with Crippen molar-refractivity contribution in [2.75, 3.05) is 13.7 Å². The lowest BCUT2D eigenvalue weighted by molar-refractivity contribution is -0.117. The molecule has 0 bridgehead atoms. The third kappa shape index (κ3) is 5.80. The van der Waals surface area contributed by atoms with Crippen LogP contribution < -0.4 is 14.8 Å². The molecule has 1 aromatic rings. The van der Waals surface area contributed by atoms with E-state index < -0.39 is 0 Å². The van der Waals surface area contributed by atoms with E-state index >= 15 is 0 Å². The van der Waals surface area contributed by atoms with Gasteiger partial charge in [-0.15, -0.1) is 0 Å². The summed E-state index contributed by atoms with van der Waals surface area (Å²) < 4.78 is 10.9. The second-order valence-electron chi connectivity index (χ2n) is 5.63. The minimum Gasteiger partial charge on any atom is -0.493 e. The number of carbonyl (C=O) groups is 1. The summed E-state index contributed by atoms with van der Waals surface area (Å²) >= 11 is 0. The first-order valence-corrected chi connectivity index (χ1v) is 7.77. The number of methoxy groups -OCH3 is 1. The Balaban J connectivity index is 2.73. The molecule has 1 rings (SSSR count). The van der Waals surface area contributed by atoms with Crippen molar-refractivity contribution in [2.24, 2.45) is 5.92 Å². The molecule has 1 unspecified atom stereocenters. The molecule has 1 aromatic carbocycles. The van der Waals surface area contributed by atoms with Crippen LogP contribution in [0.15, 0.2) is 24.3 Å². The van der Waals surface area contributed by atoms with Gasteiger partial charge in [-0.1, -0.05) is 26.8 Å². The van der Waals surface area contributed by atoms with E-state index in [0.717, 1.165) is 17.7 Å². The summed E-state index contributed by atoms with van der Waals surface area (Å²) in [5, 5.41) is 2.94. The molecule has 4 heteroatoms. The molecule has 0 saturated heterocycles. The highest BCUT2D eigenvalue weighted by Crippen LogP contribution is 2.28. The number of nitrogens with one attached hydrogen (secondary N) is 1. The molecule has 0 spiro atoms. The molecule has 0 aliphatic heterocycles. The fraction of sp³-hybridized carbons (Fsp3) is 0.500. The van der Waals surface area contributed by atoms with E-state index in [1.54, 1.807) is 19.3 Å². The predicted octanol–water partition coefficient (Wildman–Crippen LogP) is 3.66. The molecule has 0 aliphatic carbocycles. The van der Waals surface area contributed by atoms with E-state index in [-0.39, 0.29) is 11.9 Å². The summed E-state index contributed by atoms with van der Waals surface area (Å²) in [7, 11) is 1.61. The van der Waals surface area contributed by atoms with Gasteiger partial charge in [-0.2, -0.15) is 0 Å². The van der Waals surface area contributed by atoms with Gasteiger partial charge in [0.25, 0.3) is 0 Å². The maximum atomic E-state index is 11.8. The highest BCUT2D eigenvalue weighted by Gasteiger charge is 2.08. The van der Waals surface area contributed by atoms with Crippen LogP contribution in [0, 0.1) is 5.92 Å². The molecule has 4 nitrogen and oxygen atoms in total. The highest BCUT2D eigenvalue weighted by molar-refractivity contribution is 5.92. The van der Waals surface area contributed by atoms with E-state index in [4.69, 9.17) is 9.47 Å². The van der Waals surface area contributed by atoms with Crippen LogP contribution in [0.5, 0.6) is 11.5 Å². The topological polar surface area (TPSA) is 47.6 Å². The Morgan fingerprint density at radius 3 is 2.59 bits per heavy atom. The van der Waals surface area contributed by atoms with Gasteiger partial charge in [-0.05, 0) is 43.0 Å². The predicted molar refractivity (Wildman–Crippen MR) is 90.3 cm³/mol. The summed E-state index contributed by atoms with van der Waals surface area (Å²) in [4.78, 5) is 11.8. The van der Waals surface area contributed by atoms with Crippen LogP contribution in [0.3, 0.4) is 0 Å². The minimum absolute atomic E-state index is 0.0912. The van der Waals surface area contributed by atoms with Crippen LogP contribution in [0.1, 0.15) is 39.7 Å². The maximum Gasteiger partial charge on any atom is 0.244 e. The van der Waals surface area contributed by atoms with Crippen molar-refractivity contribution in [3.05, 3.63) is 29.8 Å². The molecule has 122 valence electrons. The lowest BCUT2D eigenvalue weighted by atomic mass is 10.1. The van der Waals surface area contributed by atoms with E-state index in [2.05, 4.69) is 26.1 Å². The Bertz CT molecular complexity index is 509. The maximum absolute atomic E-state index is 11.8. The summed E-state index contributed by atoms with van der Waals surface area (Å²) in [5.74, 6) is 1.71. The number of amides is 1. The Morgan fingerprint density at radius 1 is 1.27 bits per heavy atom. The first kappa shape index (κ1) is 18.1. The van der Waals surface area contributed by atoms with Crippen molar-refractivity contribution in [1.29, 1.82) is 0 Å². The summed E-state index contributed by atoms with van der Waals surface area (Å²) in [5.41, 5.74) is 0.896. The lowest BCUT2D eigenvalue weighted by Gasteiger charge is -2.15. The second-order valence-corrected chi connectivity index (χ2v) is 5.63. The standard InChI is InChI=1S/C18H27NO3/c1-6-11-22-16-9-7-15(12-17(16)21-5)8-10-18(20)19-14(4)13(2)3/h7-10,12-14H,6,11H2,1-5H3,(H,19,20). The van der Waals surface area contributed by atoms with Gasteiger partial charge in [0.15, 0.2) is 11.5 Å².